The third kappa shape index (κ3) is 7.66. The average Bonchev–Trinajstić information content (AvgIpc) is 2.36. The first-order valence-corrected chi connectivity index (χ1v) is 9.77. The lowest BCUT2D eigenvalue weighted by atomic mass is 11.0. The molecule has 0 aromatic heterocycles. The zero-order valence-corrected chi connectivity index (χ0v) is 12.7. The number of nitrogens with zero attached hydrogens (tertiary/aromatic N) is 1. The van der Waals surface area contributed by atoms with Gasteiger partial charge >= 0.3 is 15.9 Å². The van der Waals surface area contributed by atoms with Gasteiger partial charge in [-0.1, -0.05) is 0 Å². The van der Waals surface area contributed by atoms with Gasteiger partial charge in [0.25, 0.3) is 0 Å². The maximum absolute atomic E-state index is 11.7. The van der Waals surface area contributed by atoms with E-state index in [1.807, 2.05) is 0 Å². The van der Waals surface area contributed by atoms with Crippen molar-refractivity contribution in [2.24, 2.45) is 23.6 Å². The molecule has 0 fully saturated rings. The van der Waals surface area contributed by atoms with Crippen molar-refractivity contribution < 1.29 is 43.0 Å². The first-order chi connectivity index (χ1) is 9.03. The molecule has 0 aliphatic carbocycles. The Morgan fingerprint density at radius 1 is 0.750 bits per heavy atom. The molecule has 17 heteroatoms. The second-order valence-corrected chi connectivity index (χ2v) is 8.87. The summed E-state index contributed by atoms with van der Waals surface area (Å²) in [4.78, 5) is 52.7. The molecule has 0 bridgehead atoms. The van der Waals surface area contributed by atoms with Crippen LogP contribution in [-0.2, 0) is 18.5 Å². The summed E-state index contributed by atoms with van der Waals surface area (Å²) in [6, 6.07) is 0. The first kappa shape index (κ1) is 20.7. The molecule has 0 atom stereocenters. The van der Waals surface area contributed by atoms with Crippen molar-refractivity contribution in [3.05, 3.63) is 0 Å². The van der Waals surface area contributed by atoms with E-state index in [-0.39, 0.29) is 0 Å². The van der Waals surface area contributed by atoms with Crippen LogP contribution in [0, 0.1) is 0 Å². The maximum atomic E-state index is 11.7. The number of rotatable bonds is 10. The monoisotopic (exact) mass is 359 g/mol. The summed E-state index contributed by atoms with van der Waals surface area (Å²) in [5.74, 6) is 18.8. The van der Waals surface area contributed by atoms with E-state index in [9.17, 15) is 14.7 Å². The average molecular weight is 359 g/mol. The summed E-state index contributed by atoms with van der Waals surface area (Å²) < 4.78 is 16.0. The Bertz CT molecular complexity index is 264. The van der Waals surface area contributed by atoms with Crippen molar-refractivity contribution in [1.82, 2.24) is 4.90 Å². The lowest BCUT2D eigenvalue weighted by Crippen LogP contribution is -2.41. The largest absolute Gasteiger partial charge is 0.631 e. The molecular weight excluding hydrogens is 343 g/mol. The van der Waals surface area contributed by atoms with Crippen LogP contribution in [0.5, 0.6) is 0 Å². The summed E-state index contributed by atoms with van der Waals surface area (Å²) in [6.07, 6.45) is -2.68. The van der Waals surface area contributed by atoms with Crippen molar-refractivity contribution in [1.29, 1.82) is 0 Å². The molecule has 10 N–H and O–H groups in total. The summed E-state index contributed by atoms with van der Waals surface area (Å²) in [5.41, 5.74) is 0. The highest BCUT2D eigenvalue weighted by Crippen LogP contribution is 2.55. The second kappa shape index (κ2) is 8.39. The molecule has 0 aliphatic rings. The highest BCUT2D eigenvalue weighted by atomic mass is 31.2. The van der Waals surface area contributed by atoms with Crippen molar-refractivity contribution in [3.63, 3.8) is 0 Å². The quantitative estimate of drug-likeness (QED) is 0.158. The lowest BCUT2D eigenvalue weighted by molar-refractivity contribution is -0.227. The van der Waals surface area contributed by atoms with Gasteiger partial charge < -0.3 is 14.7 Å². The summed E-state index contributed by atoms with van der Waals surface area (Å²) >= 11 is 0. The minimum Gasteiger partial charge on any atom is -0.631 e. The van der Waals surface area contributed by atoms with Crippen LogP contribution in [0.25, 0.3) is 0 Å². The summed E-state index contributed by atoms with van der Waals surface area (Å²) in [6.45, 7) is 0. The van der Waals surface area contributed by atoms with Crippen LogP contribution in [-0.4, -0.2) is 33.5 Å². The third-order valence-electron chi connectivity index (χ3n) is 1.77. The number of hydrogen-bond acceptors (Lipinski definition) is 14. The van der Waals surface area contributed by atoms with Gasteiger partial charge in [-0.25, -0.2) is 9.79 Å². The van der Waals surface area contributed by atoms with E-state index in [1.165, 1.54) is 0 Å². The molecule has 122 valence electrons. The van der Waals surface area contributed by atoms with Crippen LogP contribution < -0.4 is 38.3 Å². The van der Waals surface area contributed by atoms with Crippen LogP contribution in [0.2, 0.25) is 0 Å². The lowest BCUT2D eigenvalue weighted by Gasteiger charge is -2.32. The van der Waals surface area contributed by atoms with Crippen molar-refractivity contribution in [2.45, 2.75) is 0 Å². The first-order valence-electron chi connectivity index (χ1n) is 4.52. The molecule has 0 rings (SSSR count). The smallest absolute Gasteiger partial charge is 0.302 e. The molecule has 0 saturated heterocycles. The number of hydrogen-bond donors (Lipinski definition) is 6. The van der Waals surface area contributed by atoms with Crippen molar-refractivity contribution in [2.75, 3.05) is 18.9 Å². The van der Waals surface area contributed by atoms with E-state index in [4.69, 9.17) is 9.79 Å². The van der Waals surface area contributed by atoms with Crippen LogP contribution >= 0.6 is 23.8 Å². The molecule has 0 spiro atoms. The molecule has 0 unspecified atom stereocenters. The van der Waals surface area contributed by atoms with Crippen molar-refractivity contribution in [3.8, 4) is 0 Å². The normalized spacial score (nSPS) is 14.1. The van der Waals surface area contributed by atoms with E-state index < -0.39 is 42.7 Å². The molecule has 0 amide bonds. The Morgan fingerprint density at radius 3 is 1.25 bits per heavy atom. The maximum Gasteiger partial charge on any atom is 0.302 e. The molecule has 0 saturated carbocycles. The molecule has 0 heterocycles. The fourth-order valence-electron chi connectivity index (χ4n) is 1.07. The predicted molar refractivity (Wildman–Crippen MR) is 62.7 cm³/mol. The van der Waals surface area contributed by atoms with Gasteiger partial charge in [0.1, 0.15) is 0 Å². The van der Waals surface area contributed by atoms with Gasteiger partial charge in [0.2, 0.25) is 7.94 Å². The molecular formula is C3H16N5O9P3. The zero-order valence-electron chi connectivity index (χ0n) is 9.97. The SMILES string of the molecule is NO[P+]([O-])(CN(C[P+]([O-])(O)O)C[P+]([O-])(ON)ON)ON. The minimum absolute atomic E-state index is 0.641. The molecule has 0 aromatic rings. The second-order valence-electron chi connectivity index (χ2n) is 3.40. The van der Waals surface area contributed by atoms with E-state index >= 15 is 0 Å². The summed E-state index contributed by atoms with van der Waals surface area (Å²) in [7, 11) is -12.8. The fourth-order valence-corrected chi connectivity index (χ4v) is 4.01. The Labute approximate surface area is 115 Å². The Hall–Kier alpha value is 0.730. The van der Waals surface area contributed by atoms with Gasteiger partial charge in [-0.05, 0) is 0 Å². The van der Waals surface area contributed by atoms with Crippen molar-refractivity contribution >= 4 is 23.8 Å². The zero-order chi connectivity index (χ0) is 16.0. The molecule has 20 heavy (non-hydrogen) atoms. The standard InChI is InChI=1S/C3H16N5O9P3/c4-14-19(12,15-5)2-8(1-18(9,10)11)3-20(13,16-6)17-7/h1-7H2,(H2,9,10,11). The highest BCUT2D eigenvalue weighted by Gasteiger charge is 2.43. The predicted octanol–water partition coefficient (Wildman–Crippen LogP) is -4.92. The third-order valence-corrected chi connectivity index (χ3v) is 5.32. The van der Waals surface area contributed by atoms with E-state index in [0.717, 1.165) is 0 Å². The van der Waals surface area contributed by atoms with Gasteiger partial charge in [0, 0.05) is 0 Å². The minimum atomic E-state index is -4.64. The Morgan fingerprint density at radius 2 is 1.05 bits per heavy atom. The van der Waals surface area contributed by atoms with Crippen LogP contribution in [0.15, 0.2) is 0 Å². The van der Waals surface area contributed by atoms with Gasteiger partial charge in [-0.3, -0.25) is 0 Å². The number of nitrogens with two attached hydrogens (primary N) is 4. The molecule has 0 aliphatic heterocycles. The van der Waals surface area contributed by atoms with E-state index in [0.29, 0.717) is 4.90 Å². The summed E-state index contributed by atoms with van der Waals surface area (Å²) in [5, 5.41) is 0. The topological polar surface area (TPSA) is 254 Å². The Balaban J connectivity index is 4.99. The van der Waals surface area contributed by atoms with Gasteiger partial charge in [0.05, 0.1) is 0 Å². The van der Waals surface area contributed by atoms with Gasteiger partial charge in [-0.2, -0.15) is 28.5 Å². The van der Waals surface area contributed by atoms with E-state index in [2.05, 4.69) is 42.1 Å². The van der Waals surface area contributed by atoms with Crippen LogP contribution in [0.4, 0.5) is 0 Å². The van der Waals surface area contributed by atoms with E-state index in [1.54, 1.807) is 0 Å². The molecule has 0 radical (unpaired) electrons. The van der Waals surface area contributed by atoms with Gasteiger partial charge in [0.15, 0.2) is 18.9 Å². The molecule has 14 nitrogen and oxygen atoms in total. The fraction of sp³-hybridized carbons (Fsp3) is 1.00. The Kier molecular flexibility index (Phi) is 8.69. The molecule has 0 aromatic carbocycles. The van der Waals surface area contributed by atoms with Gasteiger partial charge in [-0.15, -0.1) is 18.5 Å². The van der Waals surface area contributed by atoms with Crippen LogP contribution in [0.1, 0.15) is 0 Å². The van der Waals surface area contributed by atoms with Crippen LogP contribution in [0.3, 0.4) is 0 Å². The highest BCUT2D eigenvalue weighted by molar-refractivity contribution is 7.60.